The van der Waals surface area contributed by atoms with E-state index in [0.717, 1.165) is 0 Å². The zero-order valence-corrected chi connectivity index (χ0v) is 10.3. The van der Waals surface area contributed by atoms with E-state index in [-0.39, 0.29) is 0 Å². The maximum atomic E-state index is 3.84. The molecule has 1 fully saturated rings. The third-order valence-electron chi connectivity index (χ3n) is 2.97. The molecule has 2 heteroatoms. The second-order valence-electron chi connectivity index (χ2n) is 3.92. The molecule has 2 atom stereocenters. The minimum atomic E-state index is 0.567. The Morgan fingerprint density at radius 1 is 1.38 bits per heavy atom. The summed E-state index contributed by atoms with van der Waals surface area (Å²) in [5, 5.41) is 0. The summed E-state index contributed by atoms with van der Waals surface area (Å²) < 4.78 is 1.42. The maximum absolute atomic E-state index is 3.84. The van der Waals surface area contributed by atoms with Crippen LogP contribution in [-0.2, 0) is 0 Å². The van der Waals surface area contributed by atoms with Gasteiger partial charge in [0.1, 0.15) is 0 Å². The molecule has 0 aliphatic carbocycles. The summed E-state index contributed by atoms with van der Waals surface area (Å²) in [5.41, 5.74) is 0. The Hall–Kier alpha value is -0.0705. The Morgan fingerprint density at radius 3 is 2.38 bits per heavy atom. The first kappa shape index (κ1) is 11.0. The number of rotatable bonds is 4. The van der Waals surface area contributed by atoms with Gasteiger partial charge in [-0.05, 0) is 0 Å². The quantitative estimate of drug-likeness (QED) is 0.539. The topological polar surface area (TPSA) is 3.24 Å². The van der Waals surface area contributed by atoms with Crippen LogP contribution < -0.4 is 0 Å². The van der Waals surface area contributed by atoms with Gasteiger partial charge in [-0.25, -0.2) is 0 Å². The van der Waals surface area contributed by atoms with Crippen LogP contribution in [-0.4, -0.2) is 38.1 Å². The molecular weight excluding hydrogens is 225 g/mol. The van der Waals surface area contributed by atoms with Crippen molar-refractivity contribution in [2.45, 2.75) is 26.7 Å². The van der Waals surface area contributed by atoms with E-state index in [1.54, 1.807) is 0 Å². The molecule has 0 saturated carbocycles. The Bertz CT molecular complexity index is 194. The number of hydrogen-bond acceptors (Lipinski definition) is 1. The molecule has 0 aromatic heterocycles. The van der Waals surface area contributed by atoms with Crippen LogP contribution in [0, 0.1) is 11.8 Å². The van der Waals surface area contributed by atoms with E-state index in [4.69, 9.17) is 0 Å². The minimum absolute atomic E-state index is 0.567. The first-order chi connectivity index (χ1) is 6.16. The summed E-state index contributed by atoms with van der Waals surface area (Å²) in [5.74, 6) is 1.16. The van der Waals surface area contributed by atoms with Gasteiger partial charge in [0.2, 0.25) is 0 Å². The van der Waals surface area contributed by atoms with Gasteiger partial charge in [-0.2, -0.15) is 0 Å². The van der Waals surface area contributed by atoms with Gasteiger partial charge in [-0.15, -0.1) is 0 Å². The molecule has 1 rings (SSSR count). The van der Waals surface area contributed by atoms with E-state index in [9.17, 15) is 0 Å². The summed E-state index contributed by atoms with van der Waals surface area (Å²) in [6.45, 7) is 10.8. The van der Waals surface area contributed by atoms with Gasteiger partial charge >= 0.3 is 89.3 Å². The SMILES string of the molecule is C=CC(C)C(C)C(=[Se])N1CCCC1. The van der Waals surface area contributed by atoms with Crippen LogP contribution in [0.5, 0.6) is 0 Å². The molecule has 0 spiro atoms. The molecule has 2 unspecified atom stereocenters. The van der Waals surface area contributed by atoms with Crippen LogP contribution in [0.15, 0.2) is 12.7 Å². The first-order valence-electron chi connectivity index (χ1n) is 5.08. The second-order valence-corrected chi connectivity index (χ2v) is 4.79. The zero-order chi connectivity index (χ0) is 9.84. The predicted molar refractivity (Wildman–Crippen MR) is 60.1 cm³/mol. The average molecular weight is 244 g/mol. The van der Waals surface area contributed by atoms with Gasteiger partial charge in [-0.3, -0.25) is 0 Å². The fourth-order valence-corrected chi connectivity index (χ4v) is 2.49. The number of likely N-dealkylation sites (tertiary alicyclic amines) is 1. The second kappa shape index (κ2) is 4.97. The van der Waals surface area contributed by atoms with Crippen molar-refractivity contribution in [3.05, 3.63) is 12.7 Å². The van der Waals surface area contributed by atoms with Crippen LogP contribution >= 0.6 is 0 Å². The van der Waals surface area contributed by atoms with E-state index < -0.39 is 0 Å². The molecule has 0 bridgehead atoms. The van der Waals surface area contributed by atoms with E-state index in [0.29, 0.717) is 11.8 Å². The Morgan fingerprint density at radius 2 is 1.92 bits per heavy atom. The molecule has 1 aliphatic heterocycles. The van der Waals surface area contributed by atoms with Crippen molar-refractivity contribution in [1.82, 2.24) is 4.90 Å². The fraction of sp³-hybridized carbons (Fsp3) is 0.727. The summed E-state index contributed by atoms with van der Waals surface area (Å²) in [4.78, 5) is 2.48. The van der Waals surface area contributed by atoms with E-state index in [1.165, 1.54) is 30.5 Å². The zero-order valence-electron chi connectivity index (χ0n) is 8.62. The summed E-state index contributed by atoms with van der Waals surface area (Å²) in [7, 11) is 0. The molecule has 1 saturated heterocycles. The van der Waals surface area contributed by atoms with E-state index >= 15 is 0 Å². The normalized spacial score (nSPS) is 21.2. The van der Waals surface area contributed by atoms with Crippen molar-refractivity contribution in [1.29, 1.82) is 0 Å². The number of nitrogens with zero attached hydrogens (tertiary/aromatic N) is 1. The molecule has 0 aromatic rings. The van der Waals surface area contributed by atoms with Crippen molar-refractivity contribution in [2.24, 2.45) is 11.8 Å². The van der Waals surface area contributed by atoms with Crippen LogP contribution in [0.2, 0.25) is 0 Å². The summed E-state index contributed by atoms with van der Waals surface area (Å²) in [6.07, 6.45) is 4.73. The molecule has 74 valence electrons. The first-order valence-corrected chi connectivity index (χ1v) is 5.94. The molecule has 0 aromatic carbocycles. The van der Waals surface area contributed by atoms with Crippen molar-refractivity contribution in [3.63, 3.8) is 0 Å². The average Bonchev–Trinajstić information content (AvgIpc) is 2.67. The van der Waals surface area contributed by atoms with Gasteiger partial charge in [0.15, 0.2) is 0 Å². The number of allylic oxidation sites excluding steroid dienone is 1. The van der Waals surface area contributed by atoms with Gasteiger partial charge in [0.05, 0.1) is 0 Å². The van der Waals surface area contributed by atoms with Crippen molar-refractivity contribution in [3.8, 4) is 0 Å². The molecule has 0 amide bonds. The predicted octanol–water partition coefficient (Wildman–Crippen LogP) is 1.84. The standard InChI is InChI=1S/C11H19NSe/c1-4-9(2)10(3)11(13)12-7-5-6-8-12/h4,9-10H,1,5-8H2,2-3H3. The van der Waals surface area contributed by atoms with Gasteiger partial charge in [0.25, 0.3) is 0 Å². The van der Waals surface area contributed by atoms with Gasteiger partial charge in [0, 0.05) is 0 Å². The summed E-state index contributed by atoms with van der Waals surface area (Å²) in [6, 6.07) is 0. The van der Waals surface area contributed by atoms with Gasteiger partial charge < -0.3 is 0 Å². The van der Waals surface area contributed by atoms with Crippen LogP contribution in [0.25, 0.3) is 0 Å². The van der Waals surface area contributed by atoms with Crippen molar-refractivity contribution in [2.75, 3.05) is 13.1 Å². The van der Waals surface area contributed by atoms with Crippen LogP contribution in [0.1, 0.15) is 26.7 Å². The monoisotopic (exact) mass is 245 g/mol. The summed E-state index contributed by atoms with van der Waals surface area (Å²) >= 11 is 3.23. The van der Waals surface area contributed by atoms with E-state index in [1.807, 2.05) is 6.08 Å². The van der Waals surface area contributed by atoms with E-state index in [2.05, 4.69) is 40.9 Å². The molecule has 0 radical (unpaired) electrons. The fourth-order valence-electron chi connectivity index (χ4n) is 1.65. The third kappa shape index (κ3) is 2.69. The third-order valence-corrected chi connectivity index (χ3v) is 4.29. The molecule has 1 heterocycles. The van der Waals surface area contributed by atoms with Crippen LogP contribution in [0.3, 0.4) is 0 Å². The Labute approximate surface area is 89.6 Å². The van der Waals surface area contributed by atoms with Crippen LogP contribution in [0.4, 0.5) is 0 Å². The van der Waals surface area contributed by atoms with Crippen molar-refractivity contribution < 1.29 is 0 Å². The molecular formula is C11H19NSe. The number of hydrogen-bond donors (Lipinski definition) is 0. The van der Waals surface area contributed by atoms with Crippen molar-refractivity contribution >= 4 is 20.1 Å². The molecule has 1 nitrogen and oxygen atoms in total. The Kier molecular flexibility index (Phi) is 4.21. The molecule has 13 heavy (non-hydrogen) atoms. The molecule has 1 aliphatic rings. The van der Waals surface area contributed by atoms with Gasteiger partial charge in [-0.1, -0.05) is 0 Å². The molecule has 0 N–H and O–H groups in total. The Balaban J connectivity index is 2.50.